The zero-order chi connectivity index (χ0) is 34.8. The second-order valence-electron chi connectivity index (χ2n) is 14.0. The maximum Gasteiger partial charge on any atom is 0.265 e. The van der Waals surface area contributed by atoms with Gasteiger partial charge in [-0.25, -0.2) is 21.9 Å². The number of aryl methyl sites for hydroxylation is 1. The lowest BCUT2D eigenvalue weighted by Gasteiger charge is -2.44. The van der Waals surface area contributed by atoms with Gasteiger partial charge in [-0.3, -0.25) is 9.69 Å². The molecule has 1 aliphatic carbocycles. The highest BCUT2D eigenvalue weighted by Gasteiger charge is 2.39. The summed E-state index contributed by atoms with van der Waals surface area (Å²) >= 11 is 6.33. The number of carbonyl (C=O) groups excluding carboxylic acids is 1. The average Bonchev–Trinajstić information content (AvgIpc) is 3.35. The van der Waals surface area contributed by atoms with Crippen LogP contribution in [0.4, 0.5) is 14.5 Å². The molecular formula is C36H46ClF2N3O6S. The number of anilines is 1. The lowest BCUT2D eigenvalue weighted by Crippen LogP contribution is -2.47. The van der Waals surface area contributed by atoms with Crippen LogP contribution >= 0.6 is 11.6 Å². The maximum atomic E-state index is 13.8. The molecule has 3 aliphatic heterocycles. The van der Waals surface area contributed by atoms with E-state index in [9.17, 15) is 22.0 Å². The van der Waals surface area contributed by atoms with E-state index in [1.54, 1.807) is 23.1 Å². The smallest absolute Gasteiger partial charge is 0.265 e. The first-order valence-electron chi connectivity index (χ1n) is 17.2. The summed E-state index contributed by atoms with van der Waals surface area (Å²) in [5.74, 6) is 0.140. The summed E-state index contributed by atoms with van der Waals surface area (Å²) in [6.07, 6.45) is 5.01. The number of halogens is 3. The second kappa shape index (κ2) is 15.2. The molecule has 1 N–H and O–H groups in total. The Morgan fingerprint density at radius 3 is 2.59 bits per heavy atom. The van der Waals surface area contributed by atoms with Crippen LogP contribution in [-0.4, -0.2) is 89.2 Å². The Labute approximate surface area is 293 Å². The molecule has 5 atom stereocenters. The van der Waals surface area contributed by atoms with Gasteiger partial charge in [-0.2, -0.15) is 0 Å². The Bertz CT molecular complexity index is 1630. The van der Waals surface area contributed by atoms with Crippen molar-refractivity contribution >= 4 is 33.2 Å². The van der Waals surface area contributed by atoms with Gasteiger partial charge in [0.2, 0.25) is 0 Å². The SMILES string of the molecule is CC1(C)OC/C=C/[C@H](OCCN2C[C@@H](F)[C@@H](F)C2)[C@@H]2CC[C@H]2CN2CCCCc3cc(Cl)ccc3COc3ccc(cc32)S(=O)(=O)NC1=O. The van der Waals surface area contributed by atoms with E-state index in [1.165, 1.54) is 19.9 Å². The van der Waals surface area contributed by atoms with E-state index in [0.717, 1.165) is 43.2 Å². The van der Waals surface area contributed by atoms with Gasteiger partial charge in [0, 0.05) is 37.7 Å². The van der Waals surface area contributed by atoms with Crippen LogP contribution in [0.1, 0.15) is 50.7 Å². The van der Waals surface area contributed by atoms with Gasteiger partial charge in [0.25, 0.3) is 15.9 Å². The second-order valence-corrected chi connectivity index (χ2v) is 16.2. The van der Waals surface area contributed by atoms with Gasteiger partial charge in [-0.05, 0) is 99.2 Å². The highest BCUT2D eigenvalue weighted by Crippen LogP contribution is 2.42. The number of rotatable bonds is 4. The summed E-state index contributed by atoms with van der Waals surface area (Å²) in [6.45, 7) is 5.57. The van der Waals surface area contributed by atoms with E-state index in [2.05, 4.69) is 9.62 Å². The Hall–Kier alpha value is -2.77. The summed E-state index contributed by atoms with van der Waals surface area (Å²) in [7, 11) is -4.24. The number of amides is 1. The Kier molecular flexibility index (Phi) is 11.2. The van der Waals surface area contributed by atoms with Gasteiger partial charge < -0.3 is 19.1 Å². The van der Waals surface area contributed by atoms with Crippen molar-refractivity contribution in [1.29, 1.82) is 0 Å². The highest BCUT2D eigenvalue weighted by atomic mass is 35.5. The zero-order valence-corrected chi connectivity index (χ0v) is 29.7. The molecule has 2 fully saturated rings. The number of ether oxygens (including phenoxy) is 3. The summed E-state index contributed by atoms with van der Waals surface area (Å²) < 4.78 is 75.6. The molecule has 49 heavy (non-hydrogen) atoms. The minimum atomic E-state index is -4.24. The number of hydrogen-bond donors (Lipinski definition) is 1. The van der Waals surface area contributed by atoms with Crippen molar-refractivity contribution in [3.63, 3.8) is 0 Å². The van der Waals surface area contributed by atoms with Crippen molar-refractivity contribution in [3.8, 4) is 5.75 Å². The molecule has 2 aromatic carbocycles. The number of hydrogen-bond acceptors (Lipinski definition) is 8. The van der Waals surface area contributed by atoms with E-state index >= 15 is 0 Å². The lowest BCUT2D eigenvalue weighted by atomic mass is 9.70. The van der Waals surface area contributed by atoms with Crippen LogP contribution in [0.15, 0.2) is 53.4 Å². The lowest BCUT2D eigenvalue weighted by molar-refractivity contribution is -0.139. The number of sulfonamides is 1. The number of nitrogens with zero attached hydrogens (tertiary/aromatic N) is 2. The van der Waals surface area contributed by atoms with Crippen LogP contribution in [0.3, 0.4) is 0 Å². The van der Waals surface area contributed by atoms with Crippen molar-refractivity contribution in [2.75, 3.05) is 50.8 Å². The minimum absolute atomic E-state index is 0.0441. The molecule has 2 bridgehead atoms. The van der Waals surface area contributed by atoms with E-state index in [-0.39, 0.29) is 49.1 Å². The molecule has 0 spiro atoms. The van der Waals surface area contributed by atoms with Gasteiger partial charge in [-0.15, -0.1) is 0 Å². The summed E-state index contributed by atoms with van der Waals surface area (Å²) in [5.41, 5.74) is 1.34. The van der Waals surface area contributed by atoms with E-state index in [0.29, 0.717) is 42.7 Å². The van der Waals surface area contributed by atoms with Crippen molar-refractivity contribution in [2.24, 2.45) is 11.8 Å². The third-order valence-corrected chi connectivity index (χ3v) is 11.8. The van der Waals surface area contributed by atoms with Crippen molar-refractivity contribution < 1.29 is 36.2 Å². The number of nitrogens with one attached hydrogen (secondary N) is 1. The molecule has 0 radical (unpaired) electrons. The largest absolute Gasteiger partial charge is 0.487 e. The van der Waals surface area contributed by atoms with Crippen LogP contribution in [0.2, 0.25) is 5.02 Å². The molecule has 4 aliphatic rings. The standard InChI is InChI=1S/C36H46ClF2N3O6S/c1-36(2)35(43)40-49(44,45)28-11-13-34-32(19-28)42(14-4-3-6-24-18-27(37)10-8-26(24)23-47-34)20-25-9-12-29(25)33(7-5-16-48-36)46-17-15-41-21-30(38)31(39)22-41/h5,7-8,10-11,13,18-19,25,29-31,33H,3-4,6,9,12,14-17,20-23H2,1-2H3,(H,40,43)/b7-5+/t25-,29+,30-,31+,33-/m0/s1. The first kappa shape index (κ1) is 36.0. The molecule has 13 heteroatoms. The number of likely N-dealkylation sites (tertiary alicyclic amines) is 1. The average molecular weight is 722 g/mol. The van der Waals surface area contributed by atoms with Crippen LogP contribution < -0.4 is 14.4 Å². The summed E-state index contributed by atoms with van der Waals surface area (Å²) in [6, 6.07) is 10.5. The van der Waals surface area contributed by atoms with Gasteiger partial charge >= 0.3 is 0 Å². The molecule has 2 aromatic rings. The van der Waals surface area contributed by atoms with E-state index in [4.69, 9.17) is 25.8 Å². The predicted molar refractivity (Wildman–Crippen MR) is 184 cm³/mol. The molecule has 3 heterocycles. The van der Waals surface area contributed by atoms with Crippen molar-refractivity contribution in [1.82, 2.24) is 9.62 Å². The topological polar surface area (TPSA) is 97.4 Å². The molecule has 1 saturated carbocycles. The highest BCUT2D eigenvalue weighted by molar-refractivity contribution is 7.90. The fourth-order valence-corrected chi connectivity index (χ4v) is 8.37. The third kappa shape index (κ3) is 8.58. The Balaban J connectivity index is 1.31. The fraction of sp³-hybridized carbons (Fsp3) is 0.583. The number of fused-ring (bicyclic) bond motifs is 3. The van der Waals surface area contributed by atoms with Crippen molar-refractivity contribution in [2.45, 2.75) is 81.5 Å². The molecule has 6 rings (SSSR count). The Morgan fingerprint density at radius 2 is 1.84 bits per heavy atom. The molecule has 0 aromatic heterocycles. The zero-order valence-electron chi connectivity index (χ0n) is 28.1. The van der Waals surface area contributed by atoms with E-state index < -0.39 is 33.9 Å². The van der Waals surface area contributed by atoms with Crippen LogP contribution in [-0.2, 0) is 37.3 Å². The first-order valence-corrected chi connectivity index (χ1v) is 19.0. The molecule has 268 valence electrons. The van der Waals surface area contributed by atoms with Crippen LogP contribution in [0.25, 0.3) is 0 Å². The Morgan fingerprint density at radius 1 is 1.04 bits per heavy atom. The predicted octanol–water partition coefficient (Wildman–Crippen LogP) is 5.63. The number of alkyl halides is 2. The minimum Gasteiger partial charge on any atom is -0.487 e. The summed E-state index contributed by atoms with van der Waals surface area (Å²) in [5, 5.41) is 0.672. The fourth-order valence-electron chi connectivity index (χ4n) is 7.06. The molecule has 1 saturated heterocycles. The maximum absolute atomic E-state index is 13.8. The van der Waals surface area contributed by atoms with Crippen LogP contribution in [0, 0.1) is 11.8 Å². The van der Waals surface area contributed by atoms with Gasteiger partial charge in [0.05, 0.1) is 29.9 Å². The quantitative estimate of drug-likeness (QED) is 0.406. The third-order valence-electron chi connectivity index (χ3n) is 10.2. The first-order chi connectivity index (χ1) is 23.4. The molecule has 1 amide bonds. The molecular weight excluding hydrogens is 676 g/mol. The molecule has 9 nitrogen and oxygen atoms in total. The normalized spacial score (nSPS) is 29.7. The summed E-state index contributed by atoms with van der Waals surface area (Å²) in [4.78, 5) is 17.1. The van der Waals surface area contributed by atoms with Gasteiger partial charge in [-0.1, -0.05) is 29.8 Å². The van der Waals surface area contributed by atoms with Crippen LogP contribution in [0.5, 0.6) is 5.75 Å². The molecule has 0 unspecified atom stereocenters. The van der Waals surface area contributed by atoms with Gasteiger partial charge in [0.15, 0.2) is 0 Å². The van der Waals surface area contributed by atoms with Crippen molar-refractivity contribution in [3.05, 3.63) is 64.7 Å². The monoisotopic (exact) mass is 721 g/mol. The number of benzene rings is 2. The number of carbonyl (C=O) groups is 1. The van der Waals surface area contributed by atoms with E-state index in [1.807, 2.05) is 24.3 Å². The van der Waals surface area contributed by atoms with Gasteiger partial charge in [0.1, 0.15) is 30.3 Å².